The van der Waals surface area contributed by atoms with Gasteiger partial charge < -0.3 is 14.8 Å². The molecule has 2 heterocycles. The summed E-state index contributed by atoms with van der Waals surface area (Å²) in [4.78, 5) is 20.4. The van der Waals surface area contributed by atoms with Gasteiger partial charge in [0.1, 0.15) is 5.82 Å². The summed E-state index contributed by atoms with van der Waals surface area (Å²) >= 11 is 0. The molecule has 0 saturated carbocycles. The molecule has 4 rings (SSSR count). The maximum absolute atomic E-state index is 12.7. The third-order valence-electron chi connectivity index (χ3n) is 5.35. The van der Waals surface area contributed by atoms with Gasteiger partial charge >= 0.3 is 0 Å². The number of nitrogens with one attached hydrogen (secondary N) is 3. The number of aromatic nitrogens is 3. The summed E-state index contributed by atoms with van der Waals surface area (Å²) in [7, 11) is -3.83. The highest BCUT2D eigenvalue weighted by Crippen LogP contribution is 2.26. The first-order chi connectivity index (χ1) is 14.2. The molecule has 0 fully saturated rings. The van der Waals surface area contributed by atoms with E-state index in [9.17, 15) is 13.2 Å². The van der Waals surface area contributed by atoms with Crippen molar-refractivity contribution in [1.82, 2.24) is 15.1 Å². The number of sulfonamides is 1. The molecule has 1 unspecified atom stereocenters. The molecule has 0 saturated heterocycles. The molecular formula is C20H23N5O4S. The van der Waals surface area contributed by atoms with Crippen LogP contribution < -0.4 is 10.0 Å². The predicted molar refractivity (Wildman–Crippen MR) is 111 cm³/mol. The van der Waals surface area contributed by atoms with Crippen LogP contribution in [0.1, 0.15) is 34.9 Å². The van der Waals surface area contributed by atoms with Gasteiger partial charge in [0, 0.05) is 29.3 Å². The number of fused-ring (bicyclic) bond motifs is 1. The Bertz CT molecular complexity index is 1190. The minimum atomic E-state index is -3.83. The third-order valence-corrected chi connectivity index (χ3v) is 6.70. The summed E-state index contributed by atoms with van der Waals surface area (Å²) < 4.78 is 32.5. The van der Waals surface area contributed by atoms with E-state index in [-0.39, 0.29) is 22.6 Å². The van der Waals surface area contributed by atoms with E-state index in [1.165, 1.54) is 12.1 Å². The van der Waals surface area contributed by atoms with Crippen molar-refractivity contribution in [3.8, 4) is 0 Å². The molecule has 158 valence electrons. The molecule has 0 spiro atoms. The van der Waals surface area contributed by atoms with Crippen molar-refractivity contribution in [2.24, 2.45) is 5.92 Å². The molecular weight excluding hydrogens is 406 g/mol. The van der Waals surface area contributed by atoms with Gasteiger partial charge in [0.15, 0.2) is 0 Å². The number of carbonyl (C=O) groups is 1. The van der Waals surface area contributed by atoms with E-state index in [1.807, 2.05) is 6.92 Å². The number of anilines is 2. The monoisotopic (exact) mass is 429 g/mol. The summed E-state index contributed by atoms with van der Waals surface area (Å²) in [5, 5.41) is 6.62. The molecule has 0 radical (unpaired) electrons. The fourth-order valence-electron chi connectivity index (χ4n) is 3.50. The first-order valence-electron chi connectivity index (χ1n) is 9.64. The Morgan fingerprint density at radius 1 is 1.20 bits per heavy atom. The smallest absolute Gasteiger partial charge is 0.264 e. The lowest BCUT2D eigenvalue weighted by Gasteiger charge is -2.20. The van der Waals surface area contributed by atoms with Gasteiger partial charge in [-0.05, 0) is 57.9 Å². The first kappa shape index (κ1) is 20.1. The molecule has 1 aromatic carbocycles. The fraction of sp³-hybridized carbons (Fsp3) is 0.350. The van der Waals surface area contributed by atoms with E-state index in [0.29, 0.717) is 23.4 Å². The Balaban J connectivity index is 1.42. The average Bonchev–Trinajstić information content (AvgIpc) is 3.23. The van der Waals surface area contributed by atoms with Crippen molar-refractivity contribution in [3.05, 3.63) is 52.7 Å². The van der Waals surface area contributed by atoms with Gasteiger partial charge in [0.2, 0.25) is 11.8 Å². The first-order valence-corrected chi connectivity index (χ1v) is 11.1. The highest BCUT2D eigenvalue weighted by molar-refractivity contribution is 7.92. The zero-order chi connectivity index (χ0) is 21.5. The molecule has 1 aliphatic rings. The number of hydrogen-bond acceptors (Lipinski definition) is 6. The molecule has 9 nitrogen and oxygen atoms in total. The SMILES string of the molecule is Cc1nc2c([nH]1)CC(C(=O)Nc1ccc(S(=O)(=O)Nc3onc(C)c3C)cc1)CC2. The van der Waals surface area contributed by atoms with Gasteiger partial charge in [-0.25, -0.2) is 18.1 Å². The van der Waals surface area contributed by atoms with E-state index in [0.717, 1.165) is 30.1 Å². The summed E-state index contributed by atoms with van der Waals surface area (Å²) in [5.41, 5.74) is 3.84. The Kier molecular flexibility index (Phi) is 5.10. The third kappa shape index (κ3) is 3.95. The molecule has 3 aromatic rings. The number of H-pyrrole nitrogens is 1. The molecule has 30 heavy (non-hydrogen) atoms. The number of amides is 1. The van der Waals surface area contributed by atoms with E-state index in [1.54, 1.807) is 26.0 Å². The summed E-state index contributed by atoms with van der Waals surface area (Å²) in [6, 6.07) is 6.01. The highest BCUT2D eigenvalue weighted by Gasteiger charge is 2.27. The molecule has 2 aromatic heterocycles. The maximum atomic E-state index is 12.7. The van der Waals surface area contributed by atoms with Crippen molar-refractivity contribution >= 4 is 27.5 Å². The van der Waals surface area contributed by atoms with Crippen LogP contribution in [0.3, 0.4) is 0 Å². The van der Waals surface area contributed by atoms with E-state index < -0.39 is 10.0 Å². The molecule has 10 heteroatoms. The largest absolute Gasteiger partial charge is 0.346 e. The zero-order valence-corrected chi connectivity index (χ0v) is 17.8. The van der Waals surface area contributed by atoms with Crippen LogP contribution in [0.25, 0.3) is 0 Å². The molecule has 0 aliphatic heterocycles. The molecule has 1 amide bonds. The molecule has 1 atom stereocenters. The summed E-state index contributed by atoms with van der Waals surface area (Å²) in [6.07, 6.45) is 2.12. The second-order valence-corrected chi connectivity index (χ2v) is 9.21. The normalized spacial score (nSPS) is 16.2. The lowest BCUT2D eigenvalue weighted by molar-refractivity contribution is -0.120. The number of hydrogen-bond donors (Lipinski definition) is 3. The minimum absolute atomic E-state index is 0.0594. The van der Waals surface area contributed by atoms with Crippen LogP contribution in [0.4, 0.5) is 11.6 Å². The number of carbonyl (C=O) groups excluding carboxylic acids is 1. The fourth-order valence-corrected chi connectivity index (χ4v) is 4.55. The van der Waals surface area contributed by atoms with Crippen molar-refractivity contribution < 1.29 is 17.7 Å². The predicted octanol–water partition coefficient (Wildman–Crippen LogP) is 2.87. The molecule has 1 aliphatic carbocycles. The van der Waals surface area contributed by atoms with Gasteiger partial charge in [-0.2, -0.15) is 0 Å². The summed E-state index contributed by atoms with van der Waals surface area (Å²) in [6.45, 7) is 5.36. The Morgan fingerprint density at radius 2 is 1.93 bits per heavy atom. The zero-order valence-electron chi connectivity index (χ0n) is 16.9. The van der Waals surface area contributed by atoms with Crippen molar-refractivity contribution in [1.29, 1.82) is 0 Å². The number of aromatic amines is 1. The molecule has 0 bridgehead atoms. The van der Waals surface area contributed by atoms with Crippen LogP contribution in [0.5, 0.6) is 0 Å². The number of benzene rings is 1. The highest BCUT2D eigenvalue weighted by atomic mass is 32.2. The number of aryl methyl sites for hydroxylation is 3. The van der Waals surface area contributed by atoms with Gasteiger partial charge in [-0.1, -0.05) is 5.16 Å². The van der Waals surface area contributed by atoms with Crippen LogP contribution in [-0.2, 0) is 27.7 Å². The van der Waals surface area contributed by atoms with Gasteiger partial charge in [-0.15, -0.1) is 0 Å². The lowest BCUT2D eigenvalue weighted by atomic mass is 9.89. The van der Waals surface area contributed by atoms with E-state index in [4.69, 9.17) is 4.52 Å². The minimum Gasteiger partial charge on any atom is -0.346 e. The van der Waals surface area contributed by atoms with Crippen LogP contribution in [0.15, 0.2) is 33.7 Å². The molecule has 3 N–H and O–H groups in total. The van der Waals surface area contributed by atoms with Gasteiger partial charge in [0.25, 0.3) is 10.0 Å². The maximum Gasteiger partial charge on any atom is 0.264 e. The van der Waals surface area contributed by atoms with E-state index in [2.05, 4.69) is 25.2 Å². The number of nitrogens with zero attached hydrogens (tertiary/aromatic N) is 2. The van der Waals surface area contributed by atoms with Crippen molar-refractivity contribution in [2.45, 2.75) is 44.9 Å². The van der Waals surface area contributed by atoms with Gasteiger partial charge in [0.05, 0.1) is 16.3 Å². The number of rotatable bonds is 5. The van der Waals surface area contributed by atoms with Crippen LogP contribution >= 0.6 is 0 Å². The second-order valence-electron chi connectivity index (χ2n) is 7.53. The topological polar surface area (TPSA) is 130 Å². The van der Waals surface area contributed by atoms with Crippen molar-refractivity contribution in [2.75, 3.05) is 10.0 Å². The van der Waals surface area contributed by atoms with E-state index >= 15 is 0 Å². The summed E-state index contributed by atoms with van der Waals surface area (Å²) in [5.74, 6) is 0.715. The van der Waals surface area contributed by atoms with Crippen molar-refractivity contribution in [3.63, 3.8) is 0 Å². The average molecular weight is 430 g/mol. The van der Waals surface area contributed by atoms with Crippen LogP contribution in [0, 0.1) is 26.7 Å². The lowest BCUT2D eigenvalue weighted by Crippen LogP contribution is -2.28. The standard InChI is InChI=1S/C20H23N5O4S/c1-11-12(2)24-29-20(11)25-30(27,28)16-7-5-15(6-8-16)23-19(26)14-4-9-17-18(10-14)22-13(3)21-17/h5-8,14,25H,4,9-10H2,1-3H3,(H,21,22)(H,23,26). The quantitative estimate of drug-likeness (QED) is 0.572. The van der Waals surface area contributed by atoms with Gasteiger partial charge in [-0.3, -0.25) is 4.79 Å². The Hall–Kier alpha value is -3.14. The Morgan fingerprint density at radius 3 is 2.60 bits per heavy atom. The number of imidazole rings is 1. The second kappa shape index (κ2) is 7.60. The Labute approximate surface area is 174 Å². The van der Waals surface area contributed by atoms with Crippen LogP contribution in [-0.4, -0.2) is 29.4 Å². The van der Waals surface area contributed by atoms with Crippen LogP contribution in [0.2, 0.25) is 0 Å².